The Morgan fingerprint density at radius 2 is 1.90 bits per heavy atom. The molecule has 1 amide bonds. The van der Waals surface area contributed by atoms with Gasteiger partial charge in [-0.2, -0.15) is 4.99 Å². The number of esters is 1. The van der Waals surface area contributed by atoms with Gasteiger partial charge >= 0.3 is 5.97 Å². The summed E-state index contributed by atoms with van der Waals surface area (Å²) >= 11 is 6.03. The van der Waals surface area contributed by atoms with Crippen molar-refractivity contribution in [3.63, 3.8) is 0 Å². The number of aliphatic imine (C=N–C) groups is 2. The maximum Gasteiger partial charge on any atom is 0.343 e. The fourth-order valence-electron chi connectivity index (χ4n) is 2.95. The smallest absolute Gasteiger partial charge is 0.343 e. The zero-order valence-electron chi connectivity index (χ0n) is 16.5. The van der Waals surface area contributed by atoms with Gasteiger partial charge in [-0.05, 0) is 19.9 Å². The van der Waals surface area contributed by atoms with Crippen LogP contribution in [-0.2, 0) is 9.53 Å². The molecule has 1 aliphatic heterocycles. The van der Waals surface area contributed by atoms with Crippen molar-refractivity contribution in [1.82, 2.24) is 0 Å². The van der Waals surface area contributed by atoms with Gasteiger partial charge in [0.1, 0.15) is 11.3 Å². The van der Waals surface area contributed by atoms with Crippen LogP contribution in [0.15, 0.2) is 63.8 Å². The van der Waals surface area contributed by atoms with Crippen molar-refractivity contribution in [3.8, 4) is 0 Å². The molecule has 2 aromatic carbocycles. The van der Waals surface area contributed by atoms with E-state index in [4.69, 9.17) is 16.3 Å². The number of rotatable bonds is 5. The van der Waals surface area contributed by atoms with Crippen molar-refractivity contribution in [3.05, 3.63) is 85.6 Å². The predicted octanol–water partition coefficient (Wildman–Crippen LogP) is 4.03. The Balaban J connectivity index is 2.12. The highest BCUT2D eigenvalue weighted by molar-refractivity contribution is 6.37. The van der Waals surface area contributed by atoms with Crippen LogP contribution in [0.4, 0.5) is 5.69 Å². The van der Waals surface area contributed by atoms with Crippen molar-refractivity contribution < 1.29 is 24.4 Å². The summed E-state index contributed by atoms with van der Waals surface area (Å²) in [5, 5.41) is 21.1. The van der Waals surface area contributed by atoms with Gasteiger partial charge in [0, 0.05) is 23.3 Å². The first-order valence-corrected chi connectivity index (χ1v) is 9.45. The SMILES string of the molecule is CCOC(=O)/C(C1=NC(=NC(=O)c2cc([N+](=O)[O-])ccc2Cl)c2ccccc21)=C(\C)O. The molecule has 9 nitrogen and oxygen atoms in total. The van der Waals surface area contributed by atoms with Crippen molar-refractivity contribution >= 4 is 40.7 Å². The minimum Gasteiger partial charge on any atom is -0.512 e. The van der Waals surface area contributed by atoms with Gasteiger partial charge < -0.3 is 9.84 Å². The lowest BCUT2D eigenvalue weighted by atomic mass is 9.99. The largest absolute Gasteiger partial charge is 0.512 e. The molecule has 0 bridgehead atoms. The third-order valence-electron chi connectivity index (χ3n) is 4.32. The van der Waals surface area contributed by atoms with Gasteiger partial charge in [0.25, 0.3) is 11.6 Å². The topological polar surface area (TPSA) is 131 Å². The number of nitro groups is 1. The van der Waals surface area contributed by atoms with E-state index in [1.54, 1.807) is 31.2 Å². The standard InChI is InChI=1S/C21H16ClN3O6/c1-3-31-21(28)17(11(2)26)18-13-6-4-5-7-14(13)19(23-18)24-20(27)15-10-12(25(29)30)8-9-16(15)22/h4-10,26H,3H2,1-2H3/b17-11+,24-19?. The molecule has 2 aromatic rings. The molecule has 0 spiro atoms. The van der Waals surface area contributed by atoms with Gasteiger partial charge in [0.05, 0.1) is 27.8 Å². The molecule has 0 aliphatic carbocycles. The highest BCUT2D eigenvalue weighted by atomic mass is 35.5. The lowest BCUT2D eigenvalue weighted by molar-refractivity contribution is -0.384. The average molecular weight is 442 g/mol. The first kappa shape index (κ1) is 21.8. The van der Waals surface area contributed by atoms with Crippen molar-refractivity contribution in [2.45, 2.75) is 13.8 Å². The number of aliphatic hydroxyl groups excluding tert-OH is 1. The van der Waals surface area contributed by atoms with Crippen LogP contribution in [0.3, 0.4) is 0 Å². The number of carbonyl (C=O) groups is 2. The van der Waals surface area contributed by atoms with E-state index in [2.05, 4.69) is 9.98 Å². The molecule has 1 N–H and O–H groups in total. The van der Waals surface area contributed by atoms with Crippen LogP contribution in [-0.4, -0.2) is 40.1 Å². The normalized spacial score (nSPS) is 14.5. The van der Waals surface area contributed by atoms with Gasteiger partial charge in [-0.3, -0.25) is 14.9 Å². The Bertz CT molecular complexity index is 1200. The van der Waals surface area contributed by atoms with Crippen LogP contribution in [0.25, 0.3) is 0 Å². The fourth-order valence-corrected chi connectivity index (χ4v) is 3.15. The van der Waals surface area contributed by atoms with Gasteiger partial charge in [-0.1, -0.05) is 35.9 Å². The molecule has 0 fully saturated rings. The highest BCUT2D eigenvalue weighted by Gasteiger charge is 2.30. The van der Waals surface area contributed by atoms with E-state index in [1.807, 2.05) is 0 Å². The Kier molecular flexibility index (Phi) is 6.26. The second kappa shape index (κ2) is 8.88. The zero-order chi connectivity index (χ0) is 22.7. The fraction of sp³-hybridized carbons (Fsp3) is 0.143. The van der Waals surface area contributed by atoms with E-state index in [9.17, 15) is 24.8 Å². The number of halogens is 1. The number of fused-ring (bicyclic) bond motifs is 1. The molecule has 0 saturated heterocycles. The van der Waals surface area contributed by atoms with E-state index in [-0.39, 0.29) is 45.8 Å². The number of benzene rings is 2. The summed E-state index contributed by atoms with van der Waals surface area (Å²) in [4.78, 5) is 43.7. The molecular weight excluding hydrogens is 426 g/mol. The first-order chi connectivity index (χ1) is 14.7. The Labute approximate surface area is 181 Å². The lowest BCUT2D eigenvalue weighted by Gasteiger charge is -2.08. The number of aliphatic hydroxyl groups is 1. The molecule has 0 saturated carbocycles. The van der Waals surface area contributed by atoms with E-state index >= 15 is 0 Å². The van der Waals surface area contributed by atoms with Gasteiger partial charge in [0.2, 0.25) is 0 Å². The second-order valence-corrected chi connectivity index (χ2v) is 6.76. The van der Waals surface area contributed by atoms with Crippen LogP contribution in [0.2, 0.25) is 5.02 Å². The molecule has 0 unspecified atom stereocenters. The predicted molar refractivity (Wildman–Crippen MR) is 114 cm³/mol. The number of allylic oxidation sites excluding steroid dienone is 1. The maximum absolute atomic E-state index is 12.7. The van der Waals surface area contributed by atoms with Crippen LogP contribution in [0, 0.1) is 10.1 Å². The van der Waals surface area contributed by atoms with E-state index in [1.165, 1.54) is 19.1 Å². The number of non-ortho nitro benzene ring substituents is 1. The summed E-state index contributed by atoms with van der Waals surface area (Å²) in [5.74, 6) is -1.95. The minimum atomic E-state index is -0.842. The van der Waals surface area contributed by atoms with Crippen LogP contribution in [0.5, 0.6) is 0 Å². The van der Waals surface area contributed by atoms with Gasteiger partial charge in [0.15, 0.2) is 5.84 Å². The maximum atomic E-state index is 12.7. The Morgan fingerprint density at radius 1 is 1.23 bits per heavy atom. The molecular formula is C21H16ClN3O6. The summed E-state index contributed by atoms with van der Waals surface area (Å²) in [6.45, 7) is 3.04. The molecule has 1 heterocycles. The zero-order valence-corrected chi connectivity index (χ0v) is 17.2. The number of hydrogen-bond acceptors (Lipinski definition) is 6. The third kappa shape index (κ3) is 4.36. The van der Waals surface area contributed by atoms with Gasteiger partial charge in [-0.25, -0.2) is 9.79 Å². The van der Waals surface area contributed by atoms with E-state index < -0.39 is 16.8 Å². The monoisotopic (exact) mass is 441 g/mol. The number of hydrogen-bond donors (Lipinski definition) is 1. The first-order valence-electron chi connectivity index (χ1n) is 9.07. The number of ether oxygens (including phenoxy) is 1. The lowest BCUT2D eigenvalue weighted by Crippen LogP contribution is -2.18. The molecule has 31 heavy (non-hydrogen) atoms. The molecule has 1 aliphatic rings. The number of carbonyl (C=O) groups excluding carboxylic acids is 2. The third-order valence-corrected chi connectivity index (χ3v) is 4.65. The average Bonchev–Trinajstić information content (AvgIpc) is 3.06. The van der Waals surface area contributed by atoms with Crippen LogP contribution < -0.4 is 0 Å². The van der Waals surface area contributed by atoms with Crippen LogP contribution >= 0.6 is 11.6 Å². The summed E-state index contributed by atoms with van der Waals surface area (Å²) < 4.78 is 5.00. The Hall–Kier alpha value is -3.85. The number of nitro benzene ring substituents is 1. The van der Waals surface area contributed by atoms with Crippen molar-refractivity contribution in [2.75, 3.05) is 6.61 Å². The summed E-state index contributed by atoms with van der Waals surface area (Å²) in [6.07, 6.45) is 0. The number of amidine groups is 1. The molecule has 158 valence electrons. The molecule has 10 heteroatoms. The summed E-state index contributed by atoms with van der Waals surface area (Å²) in [5.41, 5.74) is 0.383. The number of nitrogens with zero attached hydrogens (tertiary/aromatic N) is 3. The second-order valence-electron chi connectivity index (χ2n) is 6.35. The van der Waals surface area contributed by atoms with E-state index in [0.29, 0.717) is 11.1 Å². The number of amides is 1. The molecule has 0 aromatic heterocycles. The highest BCUT2D eigenvalue weighted by Crippen LogP contribution is 2.27. The van der Waals surface area contributed by atoms with Crippen molar-refractivity contribution in [1.29, 1.82) is 0 Å². The summed E-state index contributed by atoms with van der Waals surface area (Å²) in [6, 6.07) is 10.1. The Morgan fingerprint density at radius 3 is 2.52 bits per heavy atom. The van der Waals surface area contributed by atoms with E-state index in [0.717, 1.165) is 6.07 Å². The van der Waals surface area contributed by atoms with Crippen LogP contribution in [0.1, 0.15) is 35.3 Å². The quantitative estimate of drug-likeness (QED) is 0.245. The molecule has 0 radical (unpaired) electrons. The molecule has 3 rings (SSSR count). The van der Waals surface area contributed by atoms with Gasteiger partial charge in [-0.15, -0.1) is 0 Å². The van der Waals surface area contributed by atoms with Crippen molar-refractivity contribution in [2.24, 2.45) is 9.98 Å². The molecule has 0 atom stereocenters. The summed E-state index contributed by atoms with van der Waals surface area (Å²) in [7, 11) is 0. The minimum absolute atomic E-state index is 0.00579.